The average Bonchev–Trinajstić information content (AvgIpc) is 2.71. The first-order valence-electron chi connectivity index (χ1n) is 5.67. The zero-order chi connectivity index (χ0) is 14.0. The van der Waals surface area contributed by atoms with Gasteiger partial charge in [0.15, 0.2) is 5.82 Å². The normalized spacial score (nSPS) is 10.2. The van der Waals surface area contributed by atoms with Crippen LogP contribution in [-0.2, 0) is 0 Å². The standard InChI is InChI=1S/C12H16N6O/c1-18(2)8-5-3-7(4-6-8)15-12-9(11(14)19)10(13)16-17-12/h3-6H,1-2H3,(H2,14,19)(H4,13,15,16,17). The first-order chi connectivity index (χ1) is 8.99. The molecule has 2 rings (SSSR count). The van der Waals surface area contributed by atoms with Gasteiger partial charge >= 0.3 is 0 Å². The second-order valence-electron chi connectivity index (χ2n) is 4.29. The monoisotopic (exact) mass is 260 g/mol. The Kier molecular flexibility index (Phi) is 3.28. The van der Waals surface area contributed by atoms with Gasteiger partial charge in [-0.15, -0.1) is 0 Å². The molecule has 100 valence electrons. The largest absolute Gasteiger partial charge is 0.383 e. The lowest BCUT2D eigenvalue weighted by Gasteiger charge is -2.13. The maximum absolute atomic E-state index is 11.3. The second kappa shape index (κ2) is 4.89. The van der Waals surface area contributed by atoms with Gasteiger partial charge in [-0.2, -0.15) is 5.10 Å². The molecule has 0 spiro atoms. The summed E-state index contributed by atoms with van der Waals surface area (Å²) in [5.41, 5.74) is 12.9. The van der Waals surface area contributed by atoms with Gasteiger partial charge in [-0.1, -0.05) is 0 Å². The molecule has 7 nitrogen and oxygen atoms in total. The Bertz CT molecular complexity index is 587. The number of H-pyrrole nitrogens is 1. The van der Waals surface area contributed by atoms with E-state index in [1.165, 1.54) is 0 Å². The molecule has 0 aliphatic rings. The number of benzene rings is 1. The number of hydrogen-bond acceptors (Lipinski definition) is 5. The number of nitrogens with two attached hydrogens (primary N) is 2. The smallest absolute Gasteiger partial charge is 0.256 e. The summed E-state index contributed by atoms with van der Waals surface area (Å²) in [6, 6.07) is 7.65. The van der Waals surface area contributed by atoms with Crippen molar-refractivity contribution in [2.75, 3.05) is 30.0 Å². The third-order valence-corrected chi connectivity index (χ3v) is 2.69. The van der Waals surface area contributed by atoms with Crippen LogP contribution in [-0.4, -0.2) is 30.2 Å². The zero-order valence-electron chi connectivity index (χ0n) is 10.8. The second-order valence-corrected chi connectivity index (χ2v) is 4.29. The number of nitrogens with one attached hydrogen (secondary N) is 2. The van der Waals surface area contributed by atoms with Crippen LogP contribution in [0.2, 0.25) is 0 Å². The summed E-state index contributed by atoms with van der Waals surface area (Å²) in [6.07, 6.45) is 0. The molecule has 6 N–H and O–H groups in total. The van der Waals surface area contributed by atoms with Crippen LogP contribution < -0.4 is 21.7 Å². The van der Waals surface area contributed by atoms with Crippen LogP contribution in [0.3, 0.4) is 0 Å². The fourth-order valence-electron chi connectivity index (χ4n) is 1.67. The summed E-state index contributed by atoms with van der Waals surface area (Å²) in [7, 11) is 3.92. The van der Waals surface area contributed by atoms with Gasteiger partial charge in [-0.3, -0.25) is 9.89 Å². The summed E-state index contributed by atoms with van der Waals surface area (Å²) < 4.78 is 0. The van der Waals surface area contributed by atoms with Crippen molar-refractivity contribution < 1.29 is 4.79 Å². The SMILES string of the molecule is CN(C)c1ccc(Nc2n[nH]c(N)c2C(N)=O)cc1. The van der Waals surface area contributed by atoms with Crippen molar-refractivity contribution in [2.24, 2.45) is 5.73 Å². The molecular formula is C12H16N6O. The Morgan fingerprint density at radius 3 is 2.47 bits per heavy atom. The first kappa shape index (κ1) is 12.7. The van der Waals surface area contributed by atoms with E-state index in [1.807, 2.05) is 43.3 Å². The molecule has 1 heterocycles. The van der Waals surface area contributed by atoms with Crippen molar-refractivity contribution >= 4 is 28.9 Å². The van der Waals surface area contributed by atoms with Gasteiger partial charge in [0.1, 0.15) is 11.4 Å². The summed E-state index contributed by atoms with van der Waals surface area (Å²) >= 11 is 0. The number of nitrogen functional groups attached to an aromatic ring is 1. The van der Waals surface area contributed by atoms with E-state index in [2.05, 4.69) is 15.5 Å². The fourth-order valence-corrected chi connectivity index (χ4v) is 1.67. The molecule has 0 saturated carbocycles. The van der Waals surface area contributed by atoms with Crippen molar-refractivity contribution in [1.29, 1.82) is 0 Å². The quantitative estimate of drug-likeness (QED) is 0.652. The molecule has 0 aliphatic carbocycles. The van der Waals surface area contributed by atoms with Crippen LogP contribution in [0, 0.1) is 0 Å². The topological polar surface area (TPSA) is 113 Å². The summed E-state index contributed by atoms with van der Waals surface area (Å²) in [4.78, 5) is 13.3. The Labute approximate surface area is 110 Å². The van der Waals surface area contributed by atoms with Crippen molar-refractivity contribution in [1.82, 2.24) is 10.2 Å². The lowest BCUT2D eigenvalue weighted by molar-refractivity contribution is 0.100. The number of carbonyl (C=O) groups is 1. The van der Waals surface area contributed by atoms with Crippen LogP contribution in [0.4, 0.5) is 23.0 Å². The molecule has 1 aromatic heterocycles. The molecular weight excluding hydrogens is 244 g/mol. The maximum atomic E-state index is 11.3. The Morgan fingerprint density at radius 2 is 1.95 bits per heavy atom. The number of rotatable bonds is 4. The highest BCUT2D eigenvalue weighted by Crippen LogP contribution is 2.23. The summed E-state index contributed by atoms with van der Waals surface area (Å²) in [5.74, 6) is -0.152. The molecule has 0 saturated heterocycles. The highest BCUT2D eigenvalue weighted by atomic mass is 16.1. The van der Waals surface area contributed by atoms with Gasteiger partial charge in [0, 0.05) is 25.5 Å². The number of aromatic nitrogens is 2. The van der Waals surface area contributed by atoms with Crippen molar-refractivity contribution in [3.63, 3.8) is 0 Å². The van der Waals surface area contributed by atoms with E-state index in [0.717, 1.165) is 11.4 Å². The lowest BCUT2D eigenvalue weighted by atomic mass is 10.2. The minimum Gasteiger partial charge on any atom is -0.383 e. The number of carbonyl (C=O) groups excluding carboxylic acids is 1. The number of aromatic amines is 1. The van der Waals surface area contributed by atoms with Gasteiger partial charge < -0.3 is 21.7 Å². The highest BCUT2D eigenvalue weighted by Gasteiger charge is 2.16. The molecule has 1 aromatic carbocycles. The van der Waals surface area contributed by atoms with Crippen molar-refractivity contribution in [2.45, 2.75) is 0 Å². The minimum atomic E-state index is -0.626. The molecule has 1 amide bonds. The van der Waals surface area contributed by atoms with Gasteiger partial charge in [-0.05, 0) is 24.3 Å². The third kappa shape index (κ3) is 2.59. The number of nitrogens with zero attached hydrogens (tertiary/aromatic N) is 2. The number of amides is 1. The average molecular weight is 260 g/mol. The Hall–Kier alpha value is -2.70. The van der Waals surface area contributed by atoms with Crippen LogP contribution in [0.5, 0.6) is 0 Å². The highest BCUT2D eigenvalue weighted by molar-refractivity contribution is 6.02. The molecule has 0 atom stereocenters. The molecule has 0 fully saturated rings. The molecule has 19 heavy (non-hydrogen) atoms. The lowest BCUT2D eigenvalue weighted by Crippen LogP contribution is -2.14. The predicted octanol–water partition coefficient (Wildman–Crippen LogP) is 0.900. The maximum Gasteiger partial charge on any atom is 0.256 e. The van der Waals surface area contributed by atoms with Crippen LogP contribution >= 0.6 is 0 Å². The Morgan fingerprint density at radius 1 is 1.32 bits per heavy atom. The van der Waals surface area contributed by atoms with E-state index in [9.17, 15) is 4.79 Å². The first-order valence-corrected chi connectivity index (χ1v) is 5.67. The third-order valence-electron chi connectivity index (χ3n) is 2.69. The van der Waals surface area contributed by atoms with E-state index in [0.29, 0.717) is 5.82 Å². The molecule has 0 radical (unpaired) electrons. The number of hydrogen-bond donors (Lipinski definition) is 4. The van der Waals surface area contributed by atoms with Crippen LogP contribution in [0.1, 0.15) is 10.4 Å². The molecule has 0 aliphatic heterocycles. The van der Waals surface area contributed by atoms with Crippen molar-refractivity contribution in [3.8, 4) is 0 Å². The van der Waals surface area contributed by atoms with Gasteiger partial charge in [0.2, 0.25) is 0 Å². The predicted molar refractivity (Wildman–Crippen MR) is 75.6 cm³/mol. The van der Waals surface area contributed by atoms with E-state index in [1.54, 1.807) is 0 Å². The molecule has 0 bridgehead atoms. The van der Waals surface area contributed by atoms with Crippen LogP contribution in [0.15, 0.2) is 24.3 Å². The van der Waals surface area contributed by atoms with Gasteiger partial charge in [0.25, 0.3) is 5.91 Å². The molecule has 0 unspecified atom stereocenters. The fraction of sp³-hybridized carbons (Fsp3) is 0.167. The van der Waals surface area contributed by atoms with E-state index >= 15 is 0 Å². The molecule has 7 heteroatoms. The number of primary amides is 1. The molecule has 2 aromatic rings. The van der Waals surface area contributed by atoms with Crippen molar-refractivity contribution in [3.05, 3.63) is 29.8 Å². The summed E-state index contributed by atoms with van der Waals surface area (Å²) in [5, 5.41) is 9.44. The minimum absolute atomic E-state index is 0.153. The van der Waals surface area contributed by atoms with Gasteiger partial charge in [0.05, 0.1) is 0 Å². The van der Waals surface area contributed by atoms with E-state index in [4.69, 9.17) is 11.5 Å². The van der Waals surface area contributed by atoms with E-state index < -0.39 is 5.91 Å². The zero-order valence-corrected chi connectivity index (χ0v) is 10.8. The number of anilines is 4. The van der Waals surface area contributed by atoms with Crippen LogP contribution in [0.25, 0.3) is 0 Å². The Balaban J connectivity index is 2.24. The summed E-state index contributed by atoms with van der Waals surface area (Å²) in [6.45, 7) is 0. The van der Waals surface area contributed by atoms with E-state index in [-0.39, 0.29) is 11.4 Å². The van der Waals surface area contributed by atoms with Gasteiger partial charge in [-0.25, -0.2) is 0 Å².